The maximum atomic E-state index is 13.3. The number of rotatable bonds is 6. The van der Waals surface area contributed by atoms with E-state index in [0.717, 1.165) is 31.7 Å². The van der Waals surface area contributed by atoms with E-state index in [4.69, 9.17) is 27.9 Å². The molecule has 1 fully saturated rings. The summed E-state index contributed by atoms with van der Waals surface area (Å²) < 4.78 is 18.5. The van der Waals surface area contributed by atoms with Gasteiger partial charge in [0, 0.05) is 37.7 Å². The molecule has 2 aromatic rings. The Morgan fingerprint density at radius 3 is 2.50 bits per heavy atom. The number of carbonyl (C=O) groups excluding carboxylic acids is 1. The van der Waals surface area contributed by atoms with Gasteiger partial charge in [0.1, 0.15) is 11.6 Å². The van der Waals surface area contributed by atoms with Crippen molar-refractivity contribution in [2.24, 2.45) is 0 Å². The Labute approximate surface area is 174 Å². The van der Waals surface area contributed by atoms with Crippen molar-refractivity contribution >= 4 is 34.8 Å². The monoisotopic (exact) mass is 425 g/mol. The molecule has 0 unspecified atom stereocenters. The molecule has 3 rings (SSSR count). The van der Waals surface area contributed by atoms with Crippen LogP contribution in [-0.2, 0) is 11.3 Å². The third-order valence-corrected chi connectivity index (χ3v) is 5.18. The van der Waals surface area contributed by atoms with E-state index < -0.39 is 5.82 Å². The smallest absolute Gasteiger partial charge is 0.238 e. The Morgan fingerprint density at radius 2 is 1.82 bits per heavy atom. The zero-order chi connectivity index (χ0) is 20.1. The zero-order valence-corrected chi connectivity index (χ0v) is 17.1. The first-order chi connectivity index (χ1) is 13.4. The van der Waals surface area contributed by atoms with Gasteiger partial charge < -0.3 is 10.1 Å². The number of anilines is 1. The Bertz CT molecular complexity index is 842. The molecule has 1 amide bonds. The van der Waals surface area contributed by atoms with Gasteiger partial charge in [-0.05, 0) is 35.9 Å². The molecule has 0 saturated carbocycles. The van der Waals surface area contributed by atoms with Crippen molar-refractivity contribution in [3.8, 4) is 5.75 Å². The van der Waals surface area contributed by atoms with E-state index in [0.29, 0.717) is 29.5 Å². The van der Waals surface area contributed by atoms with Gasteiger partial charge in [0.15, 0.2) is 0 Å². The van der Waals surface area contributed by atoms with Gasteiger partial charge in [-0.1, -0.05) is 29.3 Å². The molecule has 0 aromatic heterocycles. The lowest BCUT2D eigenvalue weighted by molar-refractivity contribution is -0.117. The maximum Gasteiger partial charge on any atom is 0.238 e. The van der Waals surface area contributed by atoms with Crippen LogP contribution in [-0.4, -0.2) is 55.5 Å². The van der Waals surface area contributed by atoms with Crippen LogP contribution in [0.5, 0.6) is 5.75 Å². The van der Waals surface area contributed by atoms with Gasteiger partial charge >= 0.3 is 0 Å². The van der Waals surface area contributed by atoms with E-state index in [-0.39, 0.29) is 10.9 Å². The predicted molar refractivity (Wildman–Crippen MR) is 110 cm³/mol. The number of carbonyl (C=O) groups is 1. The molecular weight excluding hydrogens is 404 g/mol. The Morgan fingerprint density at radius 1 is 1.11 bits per heavy atom. The van der Waals surface area contributed by atoms with Crippen molar-refractivity contribution in [1.29, 1.82) is 0 Å². The average Bonchev–Trinajstić information content (AvgIpc) is 2.66. The molecule has 0 aliphatic carbocycles. The van der Waals surface area contributed by atoms with Crippen LogP contribution in [0.2, 0.25) is 10.0 Å². The molecule has 0 bridgehead atoms. The Balaban J connectivity index is 1.48. The summed E-state index contributed by atoms with van der Waals surface area (Å²) in [5, 5.41) is 3.53. The SMILES string of the molecule is COc1ccc(Cl)cc1NC(=O)CN1CCN(Cc2ccc(F)c(Cl)c2)CC1. The van der Waals surface area contributed by atoms with Gasteiger partial charge in [-0.15, -0.1) is 0 Å². The van der Waals surface area contributed by atoms with E-state index in [9.17, 15) is 9.18 Å². The van der Waals surface area contributed by atoms with Gasteiger partial charge in [0.05, 0.1) is 24.4 Å². The van der Waals surface area contributed by atoms with Crippen LogP contribution in [0.15, 0.2) is 36.4 Å². The Kier molecular flexibility index (Phi) is 7.13. The Hall–Kier alpha value is -1.86. The summed E-state index contributed by atoms with van der Waals surface area (Å²) >= 11 is 11.8. The van der Waals surface area contributed by atoms with Gasteiger partial charge in [0.2, 0.25) is 5.91 Å². The van der Waals surface area contributed by atoms with Gasteiger partial charge in [-0.3, -0.25) is 14.6 Å². The van der Waals surface area contributed by atoms with Crippen molar-refractivity contribution in [2.75, 3.05) is 45.2 Å². The van der Waals surface area contributed by atoms with Crippen LogP contribution in [0.1, 0.15) is 5.56 Å². The second kappa shape index (κ2) is 9.56. The number of benzene rings is 2. The molecule has 1 N–H and O–H groups in total. The molecule has 150 valence electrons. The van der Waals surface area contributed by atoms with Crippen molar-refractivity contribution in [3.05, 3.63) is 57.8 Å². The minimum absolute atomic E-state index is 0.112. The molecule has 8 heteroatoms. The first kappa shape index (κ1) is 20.9. The normalized spacial score (nSPS) is 15.4. The molecule has 5 nitrogen and oxygen atoms in total. The maximum absolute atomic E-state index is 13.3. The van der Waals surface area contributed by atoms with E-state index in [2.05, 4.69) is 15.1 Å². The number of nitrogens with zero attached hydrogens (tertiary/aromatic N) is 2. The van der Waals surface area contributed by atoms with Crippen LogP contribution in [0.4, 0.5) is 10.1 Å². The van der Waals surface area contributed by atoms with Gasteiger partial charge in [-0.25, -0.2) is 4.39 Å². The van der Waals surface area contributed by atoms with Gasteiger partial charge in [0.25, 0.3) is 0 Å². The lowest BCUT2D eigenvalue weighted by Gasteiger charge is -2.34. The lowest BCUT2D eigenvalue weighted by Crippen LogP contribution is -2.48. The minimum atomic E-state index is -0.405. The first-order valence-electron chi connectivity index (χ1n) is 8.96. The highest BCUT2D eigenvalue weighted by Gasteiger charge is 2.20. The number of ether oxygens (including phenoxy) is 1. The number of nitrogens with one attached hydrogen (secondary N) is 1. The first-order valence-corrected chi connectivity index (χ1v) is 9.72. The molecule has 2 aromatic carbocycles. The summed E-state index contributed by atoms with van der Waals surface area (Å²) in [6, 6.07) is 9.91. The third kappa shape index (κ3) is 5.58. The largest absolute Gasteiger partial charge is 0.495 e. The van der Waals surface area contributed by atoms with E-state index in [1.165, 1.54) is 6.07 Å². The number of amides is 1. The summed E-state index contributed by atoms with van der Waals surface area (Å²) in [4.78, 5) is 16.7. The topological polar surface area (TPSA) is 44.8 Å². The van der Waals surface area contributed by atoms with Crippen LogP contribution in [0, 0.1) is 5.82 Å². The van der Waals surface area contributed by atoms with Crippen LogP contribution < -0.4 is 10.1 Å². The number of halogens is 3. The molecular formula is C20H22Cl2FN3O2. The molecule has 28 heavy (non-hydrogen) atoms. The van der Waals surface area contributed by atoms with Gasteiger partial charge in [-0.2, -0.15) is 0 Å². The van der Waals surface area contributed by atoms with Crippen molar-refractivity contribution in [2.45, 2.75) is 6.54 Å². The molecule has 1 aliphatic rings. The second-order valence-electron chi connectivity index (χ2n) is 6.69. The fourth-order valence-electron chi connectivity index (χ4n) is 3.17. The van der Waals surface area contributed by atoms with Crippen LogP contribution in [0.3, 0.4) is 0 Å². The summed E-state index contributed by atoms with van der Waals surface area (Å²) in [6.07, 6.45) is 0. The molecule has 1 saturated heterocycles. The molecule has 0 spiro atoms. The molecule has 0 atom stereocenters. The summed E-state index contributed by atoms with van der Waals surface area (Å²) in [7, 11) is 1.55. The number of piperazine rings is 1. The highest BCUT2D eigenvalue weighted by molar-refractivity contribution is 6.31. The van der Waals surface area contributed by atoms with Crippen molar-refractivity contribution < 1.29 is 13.9 Å². The van der Waals surface area contributed by atoms with Crippen molar-refractivity contribution in [3.63, 3.8) is 0 Å². The fourth-order valence-corrected chi connectivity index (χ4v) is 3.55. The predicted octanol–water partition coefficient (Wildman–Crippen LogP) is 3.90. The van der Waals surface area contributed by atoms with E-state index >= 15 is 0 Å². The minimum Gasteiger partial charge on any atom is -0.495 e. The van der Waals surface area contributed by atoms with Crippen molar-refractivity contribution in [1.82, 2.24) is 9.80 Å². The standard InChI is InChI=1S/C20H22Cl2FN3O2/c1-28-19-5-3-15(21)11-18(19)24-20(27)13-26-8-6-25(7-9-26)12-14-2-4-17(23)16(22)10-14/h2-5,10-11H,6-9,12-13H2,1H3,(H,24,27). The van der Waals surface area contributed by atoms with Crippen LogP contribution >= 0.6 is 23.2 Å². The number of hydrogen-bond donors (Lipinski definition) is 1. The quantitative estimate of drug-likeness (QED) is 0.761. The third-order valence-electron chi connectivity index (χ3n) is 4.66. The molecule has 1 aliphatic heterocycles. The molecule has 1 heterocycles. The molecule has 0 radical (unpaired) electrons. The van der Waals surface area contributed by atoms with Crippen LogP contribution in [0.25, 0.3) is 0 Å². The highest BCUT2D eigenvalue weighted by Crippen LogP contribution is 2.27. The number of methoxy groups -OCH3 is 1. The average molecular weight is 426 g/mol. The van der Waals surface area contributed by atoms with E-state index in [1.807, 2.05) is 0 Å². The van der Waals surface area contributed by atoms with E-state index in [1.54, 1.807) is 37.4 Å². The second-order valence-corrected chi connectivity index (χ2v) is 7.54. The lowest BCUT2D eigenvalue weighted by atomic mass is 10.2. The summed E-state index contributed by atoms with van der Waals surface area (Å²) in [5.74, 6) is 0.0532. The highest BCUT2D eigenvalue weighted by atomic mass is 35.5. The summed E-state index contributed by atoms with van der Waals surface area (Å²) in [5.41, 5.74) is 1.54. The summed E-state index contributed by atoms with van der Waals surface area (Å²) in [6.45, 7) is 4.20. The number of hydrogen-bond acceptors (Lipinski definition) is 4. The fraction of sp³-hybridized carbons (Fsp3) is 0.350. The zero-order valence-electron chi connectivity index (χ0n) is 15.6.